The average molecular weight is 320 g/mol. The van der Waals surface area contributed by atoms with E-state index in [1.54, 1.807) is 0 Å². The summed E-state index contributed by atoms with van der Waals surface area (Å²) in [6.45, 7) is 1.32. The molecule has 1 amide bonds. The minimum Gasteiger partial charge on any atom is -0.481 e. The first kappa shape index (κ1) is 17.7. The Morgan fingerprint density at radius 3 is 2.41 bits per heavy atom. The van der Waals surface area contributed by atoms with Crippen LogP contribution in [0.1, 0.15) is 24.2 Å². The summed E-state index contributed by atoms with van der Waals surface area (Å²) >= 11 is 0. The first-order valence-electron chi connectivity index (χ1n) is 6.18. The molecule has 0 aliphatic carbocycles. The Morgan fingerprint density at radius 1 is 1.32 bits per heavy atom. The molecule has 6 nitrogen and oxygen atoms in total. The molecule has 0 radical (unpaired) electrons. The van der Waals surface area contributed by atoms with Gasteiger partial charge in [0.25, 0.3) is 5.91 Å². The lowest BCUT2D eigenvalue weighted by molar-refractivity contribution is -0.154. The molecular weight excluding hydrogens is 305 g/mol. The molecule has 122 valence electrons. The number of aliphatic carboxylic acids is 1. The van der Waals surface area contributed by atoms with Gasteiger partial charge in [0.2, 0.25) is 5.88 Å². The van der Waals surface area contributed by atoms with Crippen molar-refractivity contribution in [2.24, 2.45) is 5.41 Å². The first-order valence-corrected chi connectivity index (χ1v) is 6.18. The maximum absolute atomic E-state index is 12.0. The largest absolute Gasteiger partial charge is 0.481 e. The van der Waals surface area contributed by atoms with Crippen molar-refractivity contribution in [1.82, 2.24) is 10.3 Å². The molecular formula is C13H15F3N2O4. The predicted octanol–water partition coefficient (Wildman–Crippen LogP) is 1.86. The van der Waals surface area contributed by atoms with Crippen molar-refractivity contribution in [3.8, 4) is 5.88 Å². The summed E-state index contributed by atoms with van der Waals surface area (Å²) in [5, 5.41) is 11.3. The minimum absolute atomic E-state index is 0.0838. The Hall–Kier alpha value is -2.32. The number of amides is 1. The van der Waals surface area contributed by atoms with E-state index >= 15 is 0 Å². The van der Waals surface area contributed by atoms with Gasteiger partial charge in [-0.2, -0.15) is 13.2 Å². The molecule has 0 spiro atoms. The van der Waals surface area contributed by atoms with Gasteiger partial charge < -0.3 is 15.2 Å². The van der Waals surface area contributed by atoms with Gasteiger partial charge in [-0.1, -0.05) is 0 Å². The number of nitrogens with one attached hydrogen (secondary N) is 1. The summed E-state index contributed by atoms with van der Waals surface area (Å²) in [5.41, 5.74) is -1.06. The lowest BCUT2D eigenvalue weighted by Gasteiger charge is -2.19. The number of hydrogen-bond acceptors (Lipinski definition) is 4. The van der Waals surface area contributed by atoms with Crippen LogP contribution in [0.25, 0.3) is 0 Å². The number of carbonyl (C=O) groups is 2. The third-order valence-corrected chi connectivity index (χ3v) is 2.65. The van der Waals surface area contributed by atoms with E-state index in [0.717, 1.165) is 12.3 Å². The number of pyridine rings is 1. The molecule has 0 aromatic carbocycles. The summed E-state index contributed by atoms with van der Waals surface area (Å²) in [4.78, 5) is 26.3. The SMILES string of the molecule is CC(C)(CNC(=O)c1ccc(OCC(F)(F)F)nc1)C(=O)O. The van der Waals surface area contributed by atoms with E-state index in [2.05, 4.69) is 15.0 Å². The third-order valence-electron chi connectivity index (χ3n) is 2.65. The molecule has 2 N–H and O–H groups in total. The highest BCUT2D eigenvalue weighted by atomic mass is 19.4. The summed E-state index contributed by atoms with van der Waals surface area (Å²) < 4.78 is 40.3. The second-order valence-corrected chi connectivity index (χ2v) is 5.16. The monoisotopic (exact) mass is 320 g/mol. The minimum atomic E-state index is -4.47. The van der Waals surface area contributed by atoms with Gasteiger partial charge in [0, 0.05) is 18.8 Å². The van der Waals surface area contributed by atoms with Crippen LogP contribution in [0.15, 0.2) is 18.3 Å². The molecule has 0 aliphatic heterocycles. The molecule has 1 rings (SSSR count). The highest BCUT2D eigenvalue weighted by Gasteiger charge is 2.29. The number of carboxylic acids is 1. The van der Waals surface area contributed by atoms with E-state index in [0.29, 0.717) is 0 Å². The fourth-order valence-electron chi connectivity index (χ4n) is 1.23. The molecule has 0 saturated carbocycles. The Morgan fingerprint density at radius 2 is 1.95 bits per heavy atom. The Labute approximate surface area is 124 Å². The van der Waals surface area contributed by atoms with Crippen molar-refractivity contribution >= 4 is 11.9 Å². The zero-order chi connectivity index (χ0) is 17.0. The fourth-order valence-corrected chi connectivity index (χ4v) is 1.23. The molecule has 0 unspecified atom stereocenters. The van der Waals surface area contributed by atoms with Crippen molar-refractivity contribution in [1.29, 1.82) is 0 Å². The number of hydrogen-bond donors (Lipinski definition) is 2. The van der Waals surface area contributed by atoms with Crippen LogP contribution in [-0.4, -0.2) is 41.3 Å². The third kappa shape index (κ3) is 5.58. The van der Waals surface area contributed by atoms with Crippen molar-refractivity contribution in [2.45, 2.75) is 20.0 Å². The Kier molecular flexibility index (Phi) is 5.34. The molecule has 0 aliphatic rings. The van der Waals surface area contributed by atoms with E-state index in [1.165, 1.54) is 19.9 Å². The lowest BCUT2D eigenvalue weighted by Crippen LogP contribution is -2.38. The average Bonchev–Trinajstić information content (AvgIpc) is 2.42. The predicted molar refractivity (Wildman–Crippen MR) is 69.5 cm³/mol. The summed E-state index contributed by atoms with van der Waals surface area (Å²) in [7, 11) is 0. The summed E-state index contributed by atoms with van der Waals surface area (Å²) in [6.07, 6.45) is -3.42. The molecule has 1 aromatic heterocycles. The van der Waals surface area contributed by atoms with E-state index < -0.39 is 30.1 Å². The number of carboxylic acid groups (broad SMARTS) is 1. The van der Waals surface area contributed by atoms with E-state index in [-0.39, 0.29) is 18.0 Å². The van der Waals surface area contributed by atoms with Crippen molar-refractivity contribution < 1.29 is 32.6 Å². The van der Waals surface area contributed by atoms with Crippen LogP contribution in [0.3, 0.4) is 0 Å². The van der Waals surface area contributed by atoms with Gasteiger partial charge in [0.05, 0.1) is 11.0 Å². The van der Waals surface area contributed by atoms with Gasteiger partial charge in [0.1, 0.15) is 0 Å². The van der Waals surface area contributed by atoms with Crippen molar-refractivity contribution in [3.63, 3.8) is 0 Å². The van der Waals surface area contributed by atoms with Crippen LogP contribution in [-0.2, 0) is 4.79 Å². The molecule has 0 atom stereocenters. The van der Waals surface area contributed by atoms with Gasteiger partial charge in [-0.15, -0.1) is 0 Å². The molecule has 1 aromatic rings. The van der Waals surface area contributed by atoms with Gasteiger partial charge >= 0.3 is 12.1 Å². The smallest absolute Gasteiger partial charge is 0.422 e. The Bertz CT molecular complexity index is 541. The maximum atomic E-state index is 12.0. The number of alkyl halides is 3. The normalized spacial score (nSPS) is 11.9. The van der Waals surface area contributed by atoms with Crippen LogP contribution in [0.2, 0.25) is 0 Å². The highest BCUT2D eigenvalue weighted by molar-refractivity contribution is 5.94. The molecule has 0 saturated heterocycles. The van der Waals surface area contributed by atoms with Crippen LogP contribution < -0.4 is 10.1 Å². The van der Waals surface area contributed by atoms with Crippen molar-refractivity contribution in [2.75, 3.05) is 13.2 Å². The second kappa shape index (κ2) is 6.63. The van der Waals surface area contributed by atoms with Crippen LogP contribution in [0.5, 0.6) is 5.88 Å². The van der Waals surface area contributed by atoms with Crippen LogP contribution >= 0.6 is 0 Å². The maximum Gasteiger partial charge on any atom is 0.422 e. The Balaban J connectivity index is 2.59. The fraction of sp³-hybridized carbons (Fsp3) is 0.462. The van der Waals surface area contributed by atoms with Crippen LogP contribution in [0.4, 0.5) is 13.2 Å². The number of carbonyl (C=O) groups excluding carboxylic acids is 1. The number of rotatable bonds is 6. The van der Waals surface area contributed by atoms with Gasteiger partial charge in [-0.25, -0.2) is 4.98 Å². The summed E-state index contributed by atoms with van der Waals surface area (Å²) in [5.74, 6) is -1.91. The number of aromatic nitrogens is 1. The van der Waals surface area contributed by atoms with Gasteiger partial charge in [-0.3, -0.25) is 9.59 Å². The second-order valence-electron chi connectivity index (χ2n) is 5.16. The molecule has 9 heteroatoms. The molecule has 1 heterocycles. The standard InChI is InChI=1S/C13H15F3N2O4/c1-12(2,11(20)21)6-18-10(19)8-3-4-9(17-5-8)22-7-13(14,15)16/h3-5H,6-7H2,1-2H3,(H,18,19)(H,20,21). The molecule has 0 fully saturated rings. The quantitative estimate of drug-likeness (QED) is 0.835. The van der Waals surface area contributed by atoms with Gasteiger partial charge in [-0.05, 0) is 19.9 Å². The van der Waals surface area contributed by atoms with Crippen LogP contribution in [0, 0.1) is 5.41 Å². The zero-order valence-electron chi connectivity index (χ0n) is 11.9. The van der Waals surface area contributed by atoms with E-state index in [4.69, 9.17) is 5.11 Å². The van der Waals surface area contributed by atoms with E-state index in [9.17, 15) is 22.8 Å². The van der Waals surface area contributed by atoms with Crippen molar-refractivity contribution in [3.05, 3.63) is 23.9 Å². The zero-order valence-corrected chi connectivity index (χ0v) is 11.9. The number of halogens is 3. The highest BCUT2D eigenvalue weighted by Crippen LogP contribution is 2.17. The lowest BCUT2D eigenvalue weighted by atomic mass is 9.94. The summed E-state index contributed by atoms with van der Waals surface area (Å²) in [6, 6.07) is 2.37. The topological polar surface area (TPSA) is 88.5 Å². The van der Waals surface area contributed by atoms with E-state index in [1.807, 2.05) is 0 Å². The first-order chi connectivity index (χ1) is 10.0. The number of ether oxygens (including phenoxy) is 1. The molecule has 0 bridgehead atoms. The number of nitrogens with zero attached hydrogens (tertiary/aromatic N) is 1. The van der Waals surface area contributed by atoms with Gasteiger partial charge in [0.15, 0.2) is 6.61 Å². The molecule has 22 heavy (non-hydrogen) atoms.